The predicted octanol–water partition coefficient (Wildman–Crippen LogP) is 2.85. The van der Waals surface area contributed by atoms with E-state index in [1.165, 1.54) is 6.20 Å². The number of rotatable bonds is 6. The predicted molar refractivity (Wildman–Crippen MR) is 90.9 cm³/mol. The van der Waals surface area contributed by atoms with Gasteiger partial charge < -0.3 is 14.5 Å². The average molecular weight is 338 g/mol. The second-order valence-corrected chi connectivity index (χ2v) is 5.56. The monoisotopic (exact) mass is 338 g/mol. The van der Waals surface area contributed by atoms with E-state index in [0.29, 0.717) is 28.6 Å². The fourth-order valence-corrected chi connectivity index (χ4v) is 2.21. The highest BCUT2D eigenvalue weighted by Crippen LogP contribution is 2.19. The first-order valence-corrected chi connectivity index (χ1v) is 7.88. The summed E-state index contributed by atoms with van der Waals surface area (Å²) < 4.78 is 10.8. The Hall–Kier alpha value is -3.22. The molecule has 0 bridgehead atoms. The Morgan fingerprint density at radius 2 is 2.04 bits per heavy atom. The second-order valence-electron chi connectivity index (χ2n) is 5.56. The highest BCUT2D eigenvalue weighted by atomic mass is 16.5. The van der Waals surface area contributed by atoms with Crippen LogP contribution in [0.1, 0.15) is 29.9 Å². The van der Waals surface area contributed by atoms with E-state index in [0.717, 1.165) is 0 Å². The summed E-state index contributed by atoms with van der Waals surface area (Å²) in [5.41, 5.74) is 1.67. The van der Waals surface area contributed by atoms with Crippen LogP contribution in [0.2, 0.25) is 0 Å². The number of aromatic nitrogens is 3. The van der Waals surface area contributed by atoms with Crippen LogP contribution >= 0.6 is 0 Å². The van der Waals surface area contributed by atoms with Gasteiger partial charge in [-0.15, -0.1) is 0 Å². The van der Waals surface area contributed by atoms with Crippen molar-refractivity contribution in [3.63, 3.8) is 0 Å². The third kappa shape index (κ3) is 4.20. The quantitative estimate of drug-likeness (QED) is 0.743. The fourth-order valence-electron chi connectivity index (χ4n) is 2.21. The molecule has 0 atom stereocenters. The molecule has 7 nitrogen and oxygen atoms in total. The fraction of sp³-hybridized carbons (Fsp3) is 0.222. The lowest BCUT2D eigenvalue weighted by Crippen LogP contribution is -2.24. The number of nitrogens with zero attached hydrogens (tertiary/aromatic N) is 3. The molecule has 0 aliphatic heterocycles. The van der Waals surface area contributed by atoms with Gasteiger partial charge >= 0.3 is 0 Å². The molecule has 0 aromatic carbocycles. The standard InChI is InChI=1S/C18H18N4O3/c1-12(2)25-16-6-5-13(10-21-16)18(23)22-11-14-17(20-8-7-19-14)15-4-3-9-24-15/h3-10,12H,11H2,1-2H3,(H,22,23). The molecular formula is C18H18N4O3. The van der Waals surface area contributed by atoms with E-state index in [1.54, 1.807) is 42.9 Å². The smallest absolute Gasteiger partial charge is 0.253 e. The highest BCUT2D eigenvalue weighted by Gasteiger charge is 2.13. The zero-order valence-electron chi connectivity index (χ0n) is 14.0. The zero-order valence-corrected chi connectivity index (χ0v) is 14.0. The topological polar surface area (TPSA) is 90.1 Å². The molecule has 0 radical (unpaired) electrons. The van der Waals surface area contributed by atoms with Crippen molar-refractivity contribution in [2.24, 2.45) is 0 Å². The van der Waals surface area contributed by atoms with Crippen LogP contribution in [0.25, 0.3) is 11.5 Å². The molecule has 0 aliphatic rings. The van der Waals surface area contributed by atoms with Crippen molar-refractivity contribution in [3.05, 3.63) is 60.4 Å². The van der Waals surface area contributed by atoms with Gasteiger partial charge in [0, 0.05) is 24.7 Å². The molecule has 3 aromatic heterocycles. The first-order valence-electron chi connectivity index (χ1n) is 7.88. The van der Waals surface area contributed by atoms with Crippen molar-refractivity contribution >= 4 is 5.91 Å². The first kappa shape index (κ1) is 16.6. The summed E-state index contributed by atoms with van der Waals surface area (Å²) in [6.07, 6.45) is 6.24. The zero-order chi connectivity index (χ0) is 17.6. The van der Waals surface area contributed by atoms with E-state index in [4.69, 9.17) is 9.15 Å². The van der Waals surface area contributed by atoms with Crippen molar-refractivity contribution in [3.8, 4) is 17.3 Å². The molecule has 0 spiro atoms. The SMILES string of the molecule is CC(C)Oc1ccc(C(=O)NCc2nccnc2-c2ccco2)cn1. The molecule has 25 heavy (non-hydrogen) atoms. The minimum atomic E-state index is -0.250. The molecule has 0 aliphatic carbocycles. The number of amides is 1. The van der Waals surface area contributed by atoms with Crippen LogP contribution in [-0.4, -0.2) is 27.0 Å². The van der Waals surface area contributed by atoms with Gasteiger partial charge in [-0.05, 0) is 32.0 Å². The van der Waals surface area contributed by atoms with Gasteiger partial charge in [0.15, 0.2) is 5.76 Å². The van der Waals surface area contributed by atoms with Crippen molar-refractivity contribution in [1.29, 1.82) is 0 Å². The Labute approximate surface area is 145 Å². The highest BCUT2D eigenvalue weighted by molar-refractivity contribution is 5.93. The van der Waals surface area contributed by atoms with E-state index >= 15 is 0 Å². The molecule has 1 amide bonds. The maximum Gasteiger partial charge on any atom is 0.253 e. The van der Waals surface area contributed by atoms with E-state index in [2.05, 4.69) is 20.3 Å². The summed E-state index contributed by atoms with van der Waals surface area (Å²) in [5.74, 6) is 0.842. The summed E-state index contributed by atoms with van der Waals surface area (Å²) in [6.45, 7) is 4.06. The largest absolute Gasteiger partial charge is 0.475 e. The second kappa shape index (κ2) is 7.57. The Morgan fingerprint density at radius 3 is 2.72 bits per heavy atom. The first-order chi connectivity index (χ1) is 12.1. The minimum Gasteiger partial charge on any atom is -0.475 e. The van der Waals surface area contributed by atoms with Crippen LogP contribution in [0.5, 0.6) is 5.88 Å². The number of carbonyl (C=O) groups excluding carboxylic acids is 1. The molecule has 128 valence electrons. The van der Waals surface area contributed by atoms with Gasteiger partial charge in [0.2, 0.25) is 5.88 Å². The molecule has 3 aromatic rings. The van der Waals surface area contributed by atoms with Gasteiger partial charge in [-0.3, -0.25) is 9.78 Å². The molecule has 0 saturated carbocycles. The van der Waals surface area contributed by atoms with E-state index in [-0.39, 0.29) is 18.6 Å². The lowest BCUT2D eigenvalue weighted by molar-refractivity contribution is 0.0950. The van der Waals surface area contributed by atoms with Crippen LogP contribution in [0.4, 0.5) is 0 Å². The lowest BCUT2D eigenvalue weighted by atomic mass is 10.2. The van der Waals surface area contributed by atoms with Crippen LogP contribution < -0.4 is 10.1 Å². The molecule has 7 heteroatoms. The number of hydrogen-bond acceptors (Lipinski definition) is 6. The van der Waals surface area contributed by atoms with Crippen molar-refractivity contribution in [2.45, 2.75) is 26.5 Å². The van der Waals surface area contributed by atoms with Gasteiger partial charge in [-0.2, -0.15) is 0 Å². The number of carbonyl (C=O) groups is 1. The summed E-state index contributed by atoms with van der Waals surface area (Å²) in [7, 11) is 0. The van der Waals surface area contributed by atoms with Gasteiger partial charge in [-0.1, -0.05) is 0 Å². The van der Waals surface area contributed by atoms with Crippen molar-refractivity contribution in [1.82, 2.24) is 20.3 Å². The van der Waals surface area contributed by atoms with Crippen molar-refractivity contribution in [2.75, 3.05) is 0 Å². The number of nitrogens with one attached hydrogen (secondary N) is 1. The van der Waals surface area contributed by atoms with Crippen molar-refractivity contribution < 1.29 is 13.9 Å². The molecule has 0 unspecified atom stereocenters. The summed E-state index contributed by atoms with van der Waals surface area (Å²) in [4.78, 5) is 25.0. The Bertz CT molecular complexity index is 830. The lowest BCUT2D eigenvalue weighted by Gasteiger charge is -2.09. The van der Waals surface area contributed by atoms with E-state index < -0.39 is 0 Å². The van der Waals surface area contributed by atoms with Gasteiger partial charge in [0.1, 0.15) is 5.69 Å². The van der Waals surface area contributed by atoms with Crippen LogP contribution in [0, 0.1) is 0 Å². The summed E-state index contributed by atoms with van der Waals surface area (Å²) in [5, 5.41) is 2.81. The summed E-state index contributed by atoms with van der Waals surface area (Å²) in [6, 6.07) is 6.92. The van der Waals surface area contributed by atoms with Crippen LogP contribution in [-0.2, 0) is 6.54 Å². The number of furan rings is 1. The molecule has 3 rings (SSSR count). The van der Waals surface area contributed by atoms with E-state index in [9.17, 15) is 4.79 Å². The van der Waals surface area contributed by atoms with Gasteiger partial charge in [-0.25, -0.2) is 9.97 Å². The normalized spacial score (nSPS) is 10.7. The van der Waals surface area contributed by atoms with E-state index in [1.807, 2.05) is 13.8 Å². The molecule has 0 fully saturated rings. The maximum absolute atomic E-state index is 12.3. The molecule has 1 N–H and O–H groups in total. The summed E-state index contributed by atoms with van der Waals surface area (Å²) >= 11 is 0. The third-order valence-electron chi connectivity index (χ3n) is 3.30. The number of hydrogen-bond donors (Lipinski definition) is 1. The average Bonchev–Trinajstić information content (AvgIpc) is 3.14. The maximum atomic E-state index is 12.3. The number of pyridine rings is 1. The minimum absolute atomic E-state index is 0.0313. The molecular weight excluding hydrogens is 320 g/mol. The van der Waals surface area contributed by atoms with Gasteiger partial charge in [0.25, 0.3) is 5.91 Å². The third-order valence-corrected chi connectivity index (χ3v) is 3.30. The Morgan fingerprint density at radius 1 is 1.20 bits per heavy atom. The number of ether oxygens (including phenoxy) is 1. The van der Waals surface area contributed by atoms with Gasteiger partial charge in [0.05, 0.1) is 30.2 Å². The van der Waals surface area contributed by atoms with Crippen LogP contribution in [0.15, 0.2) is 53.5 Å². The molecule has 0 saturated heterocycles. The van der Waals surface area contributed by atoms with Crippen LogP contribution in [0.3, 0.4) is 0 Å². The Kier molecular flexibility index (Phi) is 5.03. The molecule has 3 heterocycles. The Balaban J connectivity index is 1.67.